The first kappa shape index (κ1) is 18.9. The molecule has 0 aliphatic carbocycles. The number of hydrogen-bond acceptors (Lipinski definition) is 5. The van der Waals surface area contributed by atoms with Crippen LogP contribution in [-0.4, -0.2) is 34.2 Å². The molecule has 8 heteroatoms. The molecule has 154 valence electrons. The number of carbonyl (C=O) groups is 1. The average Bonchev–Trinajstić information content (AvgIpc) is 3.37. The molecule has 1 amide bonds. The van der Waals surface area contributed by atoms with Crippen LogP contribution in [0.5, 0.6) is 11.5 Å². The zero-order valence-electron chi connectivity index (χ0n) is 16.1. The molecule has 1 N–H and O–H groups in total. The van der Waals surface area contributed by atoms with E-state index in [4.69, 9.17) is 9.47 Å². The van der Waals surface area contributed by atoms with E-state index in [0.29, 0.717) is 18.0 Å². The number of nitrogens with one attached hydrogen (secondary N) is 1. The molecule has 7 nitrogen and oxygen atoms in total. The number of carbonyl (C=O) groups excluding carboxylic acids is 1. The van der Waals surface area contributed by atoms with Crippen molar-refractivity contribution in [1.82, 2.24) is 4.72 Å². The molecule has 0 radical (unpaired) electrons. The topological polar surface area (TPSA) is 84.9 Å². The van der Waals surface area contributed by atoms with Gasteiger partial charge in [0.25, 0.3) is 0 Å². The van der Waals surface area contributed by atoms with Gasteiger partial charge in [0, 0.05) is 31.3 Å². The molecule has 3 aromatic rings. The Hall–Kier alpha value is -3.10. The second-order valence-electron chi connectivity index (χ2n) is 7.47. The predicted octanol–water partition coefficient (Wildman–Crippen LogP) is 2.90. The summed E-state index contributed by atoms with van der Waals surface area (Å²) in [7, 11) is -3.66. The molecule has 0 spiro atoms. The van der Waals surface area contributed by atoms with Crippen LogP contribution in [0.25, 0.3) is 10.8 Å². The van der Waals surface area contributed by atoms with E-state index < -0.39 is 10.0 Å². The lowest BCUT2D eigenvalue weighted by Gasteiger charge is -2.17. The summed E-state index contributed by atoms with van der Waals surface area (Å²) in [6.45, 7) is 0.812. The number of amides is 1. The number of nitrogens with zero attached hydrogens (tertiary/aromatic N) is 1. The summed E-state index contributed by atoms with van der Waals surface area (Å²) in [5.41, 5.74) is 0.726. The van der Waals surface area contributed by atoms with Crippen molar-refractivity contribution in [2.45, 2.75) is 11.3 Å². The average molecular weight is 424 g/mol. The number of benzene rings is 3. The van der Waals surface area contributed by atoms with Gasteiger partial charge in [0.15, 0.2) is 11.5 Å². The molecule has 30 heavy (non-hydrogen) atoms. The van der Waals surface area contributed by atoms with Crippen molar-refractivity contribution in [1.29, 1.82) is 0 Å². The van der Waals surface area contributed by atoms with Gasteiger partial charge in [0.2, 0.25) is 22.7 Å². The van der Waals surface area contributed by atoms with Gasteiger partial charge in [-0.2, -0.15) is 0 Å². The Balaban J connectivity index is 1.27. The van der Waals surface area contributed by atoms with E-state index in [1.54, 1.807) is 35.2 Å². The molecule has 0 aromatic heterocycles. The van der Waals surface area contributed by atoms with Gasteiger partial charge in [-0.25, -0.2) is 13.1 Å². The summed E-state index contributed by atoms with van der Waals surface area (Å²) in [6, 6.07) is 18.0. The Morgan fingerprint density at radius 3 is 2.63 bits per heavy atom. The molecule has 5 rings (SSSR count). The van der Waals surface area contributed by atoms with Crippen LogP contribution < -0.4 is 19.1 Å². The fraction of sp³-hybridized carbons (Fsp3) is 0.227. The number of sulfonamides is 1. The van der Waals surface area contributed by atoms with E-state index in [2.05, 4.69) is 4.72 Å². The highest BCUT2D eigenvalue weighted by Crippen LogP contribution is 2.37. The molecule has 0 bridgehead atoms. The van der Waals surface area contributed by atoms with Crippen LogP contribution in [-0.2, 0) is 14.8 Å². The van der Waals surface area contributed by atoms with Crippen molar-refractivity contribution in [2.75, 3.05) is 24.8 Å². The van der Waals surface area contributed by atoms with E-state index in [0.717, 1.165) is 16.5 Å². The monoisotopic (exact) mass is 424 g/mol. The molecule has 1 saturated heterocycles. The van der Waals surface area contributed by atoms with Crippen LogP contribution in [0.4, 0.5) is 5.69 Å². The molecule has 2 aliphatic rings. The zero-order valence-corrected chi connectivity index (χ0v) is 16.9. The van der Waals surface area contributed by atoms with Crippen molar-refractivity contribution in [3.63, 3.8) is 0 Å². The number of rotatable bonds is 5. The zero-order chi connectivity index (χ0) is 20.7. The lowest BCUT2D eigenvalue weighted by Crippen LogP contribution is -2.31. The van der Waals surface area contributed by atoms with E-state index in [9.17, 15) is 13.2 Å². The molecule has 2 aliphatic heterocycles. The Kier molecular flexibility index (Phi) is 4.60. The SMILES string of the molecule is O=C1C[C@H](CNS(=O)(=O)c2ccc3ccccc3c2)CN1c1ccc2c(c1)OCO2. The van der Waals surface area contributed by atoms with Gasteiger partial charge in [-0.05, 0) is 41.0 Å². The van der Waals surface area contributed by atoms with Gasteiger partial charge < -0.3 is 14.4 Å². The first-order valence-electron chi connectivity index (χ1n) is 9.68. The standard InChI is InChI=1S/C22H20N2O5S/c25-22-9-15(13-24(22)18-6-8-20-21(11-18)29-14-28-20)12-23-30(26,27)19-7-5-16-3-1-2-4-17(16)10-19/h1-8,10-11,15,23H,9,12-14H2/t15-/m1/s1. The van der Waals surface area contributed by atoms with E-state index in [1.807, 2.05) is 30.3 Å². The molecule has 3 aromatic carbocycles. The lowest BCUT2D eigenvalue weighted by molar-refractivity contribution is -0.117. The molecular formula is C22H20N2O5S. The van der Waals surface area contributed by atoms with Crippen molar-refractivity contribution in [3.05, 3.63) is 60.7 Å². The maximum absolute atomic E-state index is 12.8. The number of ether oxygens (including phenoxy) is 2. The Bertz CT molecular complexity index is 1240. The molecule has 2 heterocycles. The first-order chi connectivity index (χ1) is 14.5. The molecule has 1 atom stereocenters. The fourth-order valence-electron chi connectivity index (χ4n) is 3.87. The van der Waals surface area contributed by atoms with Crippen molar-refractivity contribution in [3.8, 4) is 11.5 Å². The minimum Gasteiger partial charge on any atom is -0.454 e. The van der Waals surface area contributed by atoms with Crippen LogP contribution in [0.2, 0.25) is 0 Å². The number of fused-ring (bicyclic) bond motifs is 2. The van der Waals surface area contributed by atoms with Crippen LogP contribution in [0, 0.1) is 5.92 Å². The molecule has 0 saturated carbocycles. The van der Waals surface area contributed by atoms with Crippen LogP contribution >= 0.6 is 0 Å². The van der Waals surface area contributed by atoms with Crippen molar-refractivity contribution in [2.24, 2.45) is 5.92 Å². The van der Waals surface area contributed by atoms with Crippen molar-refractivity contribution >= 4 is 32.4 Å². The van der Waals surface area contributed by atoms with Gasteiger partial charge in [-0.1, -0.05) is 30.3 Å². The normalized spacial score (nSPS) is 18.3. The predicted molar refractivity (Wildman–Crippen MR) is 112 cm³/mol. The van der Waals surface area contributed by atoms with Crippen LogP contribution in [0.1, 0.15) is 6.42 Å². The highest BCUT2D eigenvalue weighted by atomic mass is 32.2. The quantitative estimate of drug-likeness (QED) is 0.681. The second kappa shape index (κ2) is 7.30. The summed E-state index contributed by atoms with van der Waals surface area (Å²) in [5, 5.41) is 1.85. The Morgan fingerprint density at radius 1 is 0.967 bits per heavy atom. The minimum atomic E-state index is -3.66. The van der Waals surface area contributed by atoms with Crippen LogP contribution in [0.15, 0.2) is 65.6 Å². The van der Waals surface area contributed by atoms with E-state index in [-0.39, 0.29) is 36.5 Å². The van der Waals surface area contributed by atoms with E-state index >= 15 is 0 Å². The summed E-state index contributed by atoms with van der Waals surface area (Å²) in [4.78, 5) is 14.4. The molecular weight excluding hydrogens is 404 g/mol. The maximum atomic E-state index is 12.8. The highest BCUT2D eigenvalue weighted by Gasteiger charge is 2.32. The fourth-order valence-corrected chi connectivity index (χ4v) is 5.02. The first-order valence-corrected chi connectivity index (χ1v) is 11.2. The Morgan fingerprint density at radius 2 is 1.77 bits per heavy atom. The largest absolute Gasteiger partial charge is 0.454 e. The lowest BCUT2D eigenvalue weighted by atomic mass is 10.1. The van der Waals surface area contributed by atoms with E-state index in [1.165, 1.54) is 0 Å². The number of hydrogen-bond donors (Lipinski definition) is 1. The third-order valence-electron chi connectivity index (χ3n) is 5.47. The maximum Gasteiger partial charge on any atom is 0.240 e. The van der Waals surface area contributed by atoms with Gasteiger partial charge in [-0.15, -0.1) is 0 Å². The van der Waals surface area contributed by atoms with Gasteiger partial charge >= 0.3 is 0 Å². The highest BCUT2D eigenvalue weighted by molar-refractivity contribution is 7.89. The minimum absolute atomic E-state index is 0.0382. The van der Waals surface area contributed by atoms with Crippen LogP contribution in [0.3, 0.4) is 0 Å². The smallest absolute Gasteiger partial charge is 0.240 e. The third-order valence-corrected chi connectivity index (χ3v) is 6.89. The van der Waals surface area contributed by atoms with Gasteiger partial charge in [0.05, 0.1) is 4.90 Å². The summed E-state index contributed by atoms with van der Waals surface area (Å²) in [6.07, 6.45) is 0.286. The molecule has 0 unspecified atom stereocenters. The van der Waals surface area contributed by atoms with Gasteiger partial charge in [0.1, 0.15) is 0 Å². The van der Waals surface area contributed by atoms with Gasteiger partial charge in [-0.3, -0.25) is 4.79 Å². The number of anilines is 1. The summed E-state index contributed by atoms with van der Waals surface area (Å²) in [5.74, 6) is 1.12. The Labute approximate surface area is 174 Å². The second-order valence-corrected chi connectivity index (χ2v) is 9.24. The summed E-state index contributed by atoms with van der Waals surface area (Å²) >= 11 is 0. The molecule has 1 fully saturated rings. The summed E-state index contributed by atoms with van der Waals surface area (Å²) < 4.78 is 38.9. The third kappa shape index (κ3) is 3.48. The van der Waals surface area contributed by atoms with Crippen molar-refractivity contribution < 1.29 is 22.7 Å².